The summed E-state index contributed by atoms with van der Waals surface area (Å²) in [6.45, 7) is 5.94. The van der Waals surface area contributed by atoms with Gasteiger partial charge >= 0.3 is 0 Å². The summed E-state index contributed by atoms with van der Waals surface area (Å²) in [5, 5.41) is 2.96. The van der Waals surface area contributed by atoms with Gasteiger partial charge in [0.1, 0.15) is 16.0 Å². The number of nitrogens with zero attached hydrogens (tertiary/aromatic N) is 1. The maximum atomic E-state index is 13.7. The Kier molecular flexibility index (Phi) is 3.19. The molecule has 96 valence electrons. The highest BCUT2D eigenvalue weighted by Crippen LogP contribution is 2.26. The summed E-state index contributed by atoms with van der Waals surface area (Å²) in [5.41, 5.74) is 0.452. The van der Waals surface area contributed by atoms with Crippen molar-refractivity contribution in [1.29, 1.82) is 0 Å². The lowest BCUT2D eigenvalue weighted by atomic mass is 9.93. The Morgan fingerprint density at radius 1 is 1.28 bits per heavy atom. The monoisotopic (exact) mass is 312 g/mol. The van der Waals surface area contributed by atoms with Gasteiger partial charge in [0, 0.05) is 5.41 Å². The fraction of sp³-hybridized carbons (Fsp3) is 0.308. The van der Waals surface area contributed by atoms with E-state index in [1.165, 1.54) is 10.7 Å². The van der Waals surface area contributed by atoms with Gasteiger partial charge in [-0.2, -0.15) is 0 Å². The Bertz CT molecular complexity index is 637. The van der Waals surface area contributed by atoms with E-state index in [2.05, 4.69) is 21.0 Å². The molecule has 0 saturated carbocycles. The Labute approximate surface area is 113 Å². The molecule has 0 radical (unpaired) electrons. The molecule has 1 N–H and O–H groups in total. The number of aromatic amines is 1. The number of benzene rings is 1. The minimum Gasteiger partial charge on any atom is -0.293 e. The third kappa shape index (κ3) is 2.14. The molecule has 0 saturated heterocycles. The maximum absolute atomic E-state index is 13.7. The highest BCUT2D eigenvalue weighted by Gasteiger charge is 2.24. The second-order valence-corrected chi connectivity index (χ2v) is 5.94. The second-order valence-electron chi connectivity index (χ2n) is 5.14. The molecule has 0 aliphatic carbocycles. The van der Waals surface area contributed by atoms with E-state index < -0.39 is 5.82 Å². The van der Waals surface area contributed by atoms with Gasteiger partial charge in [-0.15, -0.1) is 0 Å². The van der Waals surface area contributed by atoms with Crippen LogP contribution in [0, 0.1) is 5.82 Å². The second kappa shape index (κ2) is 4.39. The molecule has 0 amide bonds. The SMILES string of the molecule is CC(C)(C)c1[nH]n(-c2ccccc2F)c(=O)c1Br. The number of H-pyrrole nitrogens is 1. The van der Waals surface area contributed by atoms with E-state index in [4.69, 9.17) is 0 Å². The molecule has 0 bridgehead atoms. The number of para-hydroxylation sites is 1. The standard InChI is InChI=1S/C13H14BrFN2O/c1-13(2,3)11-10(14)12(18)17(16-11)9-7-5-4-6-8(9)15/h4-7,16H,1-3H3. The number of aromatic nitrogens is 2. The molecule has 1 aromatic heterocycles. The number of hydrogen-bond donors (Lipinski definition) is 1. The van der Waals surface area contributed by atoms with Crippen LogP contribution < -0.4 is 5.56 Å². The summed E-state index contributed by atoms with van der Waals surface area (Å²) >= 11 is 3.27. The molecule has 0 fully saturated rings. The van der Waals surface area contributed by atoms with Crippen LogP contribution in [-0.2, 0) is 5.41 Å². The van der Waals surface area contributed by atoms with Gasteiger partial charge in [0.05, 0.1) is 5.69 Å². The van der Waals surface area contributed by atoms with Crippen LogP contribution in [0.3, 0.4) is 0 Å². The topological polar surface area (TPSA) is 37.8 Å². The van der Waals surface area contributed by atoms with E-state index >= 15 is 0 Å². The molecule has 1 heterocycles. The summed E-state index contributed by atoms with van der Waals surface area (Å²) < 4.78 is 15.4. The first-order chi connectivity index (χ1) is 8.32. The van der Waals surface area contributed by atoms with Gasteiger partial charge in [-0.05, 0) is 28.1 Å². The van der Waals surface area contributed by atoms with Crippen molar-refractivity contribution in [3.63, 3.8) is 0 Å². The van der Waals surface area contributed by atoms with Crippen LogP contribution in [0.1, 0.15) is 26.5 Å². The smallest absolute Gasteiger partial charge is 0.285 e. The largest absolute Gasteiger partial charge is 0.293 e. The van der Waals surface area contributed by atoms with E-state index in [0.717, 1.165) is 5.69 Å². The Morgan fingerprint density at radius 2 is 1.89 bits per heavy atom. The minimum atomic E-state index is -0.436. The summed E-state index contributed by atoms with van der Waals surface area (Å²) in [5.74, 6) is -0.436. The third-order valence-corrected chi connectivity index (χ3v) is 3.41. The van der Waals surface area contributed by atoms with Crippen LogP contribution in [0.25, 0.3) is 5.69 Å². The van der Waals surface area contributed by atoms with Crippen molar-refractivity contribution in [2.75, 3.05) is 0 Å². The Morgan fingerprint density at radius 3 is 2.39 bits per heavy atom. The lowest BCUT2D eigenvalue weighted by Crippen LogP contribution is -2.16. The fourth-order valence-electron chi connectivity index (χ4n) is 1.72. The van der Waals surface area contributed by atoms with Gasteiger partial charge in [0.2, 0.25) is 0 Å². The minimum absolute atomic E-state index is 0.221. The zero-order chi connectivity index (χ0) is 13.5. The quantitative estimate of drug-likeness (QED) is 0.861. The Hall–Kier alpha value is -1.36. The molecule has 2 aromatic rings. The molecule has 0 unspecified atom stereocenters. The van der Waals surface area contributed by atoms with Crippen LogP contribution in [0.5, 0.6) is 0 Å². The Balaban J connectivity index is 2.69. The lowest BCUT2D eigenvalue weighted by molar-refractivity contribution is 0.552. The predicted molar refractivity (Wildman–Crippen MR) is 72.7 cm³/mol. The summed E-state index contributed by atoms with van der Waals surface area (Å²) in [4.78, 5) is 12.1. The van der Waals surface area contributed by atoms with Gasteiger partial charge in [-0.1, -0.05) is 32.9 Å². The van der Waals surface area contributed by atoms with Crippen molar-refractivity contribution >= 4 is 15.9 Å². The molecule has 2 rings (SSSR count). The molecule has 1 aromatic carbocycles. The van der Waals surface area contributed by atoms with E-state index in [9.17, 15) is 9.18 Å². The van der Waals surface area contributed by atoms with Crippen molar-refractivity contribution in [3.05, 3.63) is 50.6 Å². The van der Waals surface area contributed by atoms with Gasteiger partial charge in [-0.25, -0.2) is 9.07 Å². The van der Waals surface area contributed by atoms with Gasteiger partial charge in [-0.3, -0.25) is 9.89 Å². The van der Waals surface area contributed by atoms with Gasteiger partial charge in [0.25, 0.3) is 5.56 Å². The molecule has 18 heavy (non-hydrogen) atoms. The molecular weight excluding hydrogens is 299 g/mol. The van der Waals surface area contributed by atoms with Crippen molar-refractivity contribution in [1.82, 2.24) is 9.78 Å². The van der Waals surface area contributed by atoms with Crippen molar-refractivity contribution in [3.8, 4) is 5.69 Å². The first kappa shape index (κ1) is 13.1. The summed E-state index contributed by atoms with van der Waals surface area (Å²) in [6, 6.07) is 6.17. The van der Waals surface area contributed by atoms with E-state index in [1.54, 1.807) is 18.2 Å². The zero-order valence-electron chi connectivity index (χ0n) is 10.4. The van der Waals surface area contributed by atoms with Crippen molar-refractivity contribution < 1.29 is 4.39 Å². The van der Waals surface area contributed by atoms with Gasteiger partial charge in [0.15, 0.2) is 0 Å². The van der Waals surface area contributed by atoms with Crippen LogP contribution >= 0.6 is 15.9 Å². The molecule has 3 nitrogen and oxygen atoms in total. The van der Waals surface area contributed by atoms with Crippen LogP contribution in [0.4, 0.5) is 4.39 Å². The average molecular weight is 313 g/mol. The molecule has 0 spiro atoms. The van der Waals surface area contributed by atoms with Crippen LogP contribution in [0.2, 0.25) is 0 Å². The van der Waals surface area contributed by atoms with Crippen molar-refractivity contribution in [2.24, 2.45) is 0 Å². The molecule has 0 atom stereocenters. The molecule has 5 heteroatoms. The normalized spacial score (nSPS) is 11.8. The first-order valence-electron chi connectivity index (χ1n) is 5.58. The third-order valence-electron chi connectivity index (χ3n) is 2.68. The molecule has 0 aliphatic heterocycles. The van der Waals surface area contributed by atoms with Crippen molar-refractivity contribution in [2.45, 2.75) is 26.2 Å². The molecule has 0 aliphatic rings. The maximum Gasteiger partial charge on any atom is 0.285 e. The number of rotatable bonds is 1. The van der Waals surface area contributed by atoms with Gasteiger partial charge < -0.3 is 0 Å². The predicted octanol–water partition coefficient (Wildman–Crippen LogP) is 3.36. The van der Waals surface area contributed by atoms with E-state index in [0.29, 0.717) is 4.47 Å². The highest BCUT2D eigenvalue weighted by molar-refractivity contribution is 9.10. The summed E-state index contributed by atoms with van der Waals surface area (Å²) in [6.07, 6.45) is 0. The summed E-state index contributed by atoms with van der Waals surface area (Å²) in [7, 11) is 0. The average Bonchev–Trinajstić information content (AvgIpc) is 2.57. The number of halogens is 2. The highest BCUT2D eigenvalue weighted by atomic mass is 79.9. The molecular formula is C13H14BrFN2O. The number of hydrogen-bond acceptors (Lipinski definition) is 1. The zero-order valence-corrected chi connectivity index (χ0v) is 12.0. The first-order valence-corrected chi connectivity index (χ1v) is 6.37. The van der Waals surface area contributed by atoms with E-state index in [-0.39, 0.29) is 16.7 Å². The fourth-order valence-corrected chi connectivity index (χ4v) is 2.58. The number of nitrogens with one attached hydrogen (secondary N) is 1. The van der Waals surface area contributed by atoms with Crippen LogP contribution in [0.15, 0.2) is 33.5 Å². The van der Waals surface area contributed by atoms with Crippen LogP contribution in [-0.4, -0.2) is 9.78 Å². The lowest BCUT2D eigenvalue weighted by Gasteiger charge is -2.16. The van der Waals surface area contributed by atoms with E-state index in [1.807, 2.05) is 20.8 Å².